The molecule has 12 heavy (non-hydrogen) atoms. The third-order valence-electron chi connectivity index (χ3n) is 2.19. The quantitative estimate of drug-likeness (QED) is 0.596. The van der Waals surface area contributed by atoms with Crippen molar-refractivity contribution in [3.63, 3.8) is 0 Å². The van der Waals surface area contributed by atoms with Gasteiger partial charge in [-0.3, -0.25) is 0 Å². The normalized spacial score (nSPS) is 14.1. The van der Waals surface area contributed by atoms with Gasteiger partial charge in [-0.1, -0.05) is 18.2 Å². The van der Waals surface area contributed by atoms with E-state index in [1.165, 1.54) is 16.9 Å². The average Bonchev–Trinajstić information content (AvgIpc) is 2.17. The highest BCUT2D eigenvalue weighted by Crippen LogP contribution is 2.03. The van der Waals surface area contributed by atoms with Gasteiger partial charge in [0, 0.05) is 0 Å². The lowest BCUT2D eigenvalue weighted by atomic mass is 10.1. The second kappa shape index (κ2) is 3.02. The summed E-state index contributed by atoms with van der Waals surface area (Å²) in [5.74, 6) is 0.945. The Balaban J connectivity index is 2.65. The summed E-state index contributed by atoms with van der Waals surface area (Å²) in [4.78, 5) is 0. The van der Waals surface area contributed by atoms with E-state index >= 15 is 0 Å². The molecule has 0 atom stereocenters. The summed E-state index contributed by atoms with van der Waals surface area (Å²) in [7, 11) is 1.70. The Morgan fingerprint density at radius 1 is 1.08 bits per heavy atom. The maximum Gasteiger partial charge on any atom is 0.119 e. The third-order valence-corrected chi connectivity index (χ3v) is 2.19. The Kier molecular flexibility index (Phi) is 1.86. The Morgan fingerprint density at radius 3 is 2.58 bits per heavy atom. The topological polar surface area (TPSA) is 9.23 Å². The standard InChI is InChI=1S/C11H12O/c1-12-11-7-6-9-4-2-3-5-10(9)8-11/h4-8H,2-3H2,1H3. The molecule has 0 aliphatic heterocycles. The highest BCUT2D eigenvalue weighted by molar-refractivity contribution is 5.40. The maximum atomic E-state index is 5.15. The number of rotatable bonds is 1. The van der Waals surface area contributed by atoms with Gasteiger partial charge >= 0.3 is 0 Å². The number of benzene rings is 1. The lowest BCUT2D eigenvalue weighted by Gasteiger charge is -2.02. The summed E-state index contributed by atoms with van der Waals surface area (Å²) in [6.07, 6.45) is 6.85. The number of ether oxygens (including phenoxy) is 1. The number of hydrogen-bond acceptors (Lipinski definition) is 1. The Bertz CT molecular complexity index is 390. The van der Waals surface area contributed by atoms with Gasteiger partial charge in [-0.25, -0.2) is 0 Å². The zero-order valence-electron chi connectivity index (χ0n) is 7.21. The summed E-state index contributed by atoms with van der Waals surface area (Å²) in [6, 6.07) is 6.21. The van der Waals surface area contributed by atoms with Gasteiger partial charge in [0.25, 0.3) is 0 Å². The average molecular weight is 160 g/mol. The molecule has 0 amide bonds. The van der Waals surface area contributed by atoms with Crippen molar-refractivity contribution in [2.45, 2.75) is 12.8 Å². The monoisotopic (exact) mass is 160 g/mol. The van der Waals surface area contributed by atoms with Gasteiger partial charge < -0.3 is 4.74 Å². The molecule has 1 aliphatic carbocycles. The summed E-state index contributed by atoms with van der Waals surface area (Å²) in [5, 5.41) is 2.64. The fourth-order valence-electron chi connectivity index (χ4n) is 1.52. The first-order valence-corrected chi connectivity index (χ1v) is 4.24. The third kappa shape index (κ3) is 1.22. The minimum absolute atomic E-state index is 0.945. The van der Waals surface area contributed by atoms with Crippen molar-refractivity contribution < 1.29 is 4.74 Å². The molecule has 1 nitrogen and oxygen atoms in total. The van der Waals surface area contributed by atoms with Crippen molar-refractivity contribution in [3.05, 3.63) is 28.6 Å². The molecule has 0 N–H and O–H groups in total. The Morgan fingerprint density at radius 2 is 1.83 bits per heavy atom. The van der Waals surface area contributed by atoms with Gasteiger partial charge in [-0.05, 0) is 35.4 Å². The molecule has 0 fully saturated rings. The van der Waals surface area contributed by atoms with E-state index < -0.39 is 0 Å². The van der Waals surface area contributed by atoms with E-state index in [9.17, 15) is 0 Å². The van der Waals surface area contributed by atoms with Crippen molar-refractivity contribution in [2.24, 2.45) is 0 Å². The van der Waals surface area contributed by atoms with Crippen LogP contribution in [0.4, 0.5) is 0 Å². The molecule has 0 spiro atoms. The second-order valence-electron chi connectivity index (χ2n) is 2.98. The number of fused-ring (bicyclic) bond motifs is 1. The molecule has 0 heterocycles. The Labute approximate surface area is 72.0 Å². The van der Waals surface area contributed by atoms with Crippen LogP contribution in [0.5, 0.6) is 5.75 Å². The number of methoxy groups -OCH3 is 1. The van der Waals surface area contributed by atoms with E-state index in [-0.39, 0.29) is 0 Å². The van der Waals surface area contributed by atoms with E-state index in [1.54, 1.807) is 7.11 Å². The molecular weight excluding hydrogens is 148 g/mol. The minimum Gasteiger partial charge on any atom is -0.497 e. The maximum absolute atomic E-state index is 5.15. The molecule has 0 bridgehead atoms. The van der Waals surface area contributed by atoms with Gasteiger partial charge in [0.05, 0.1) is 7.11 Å². The lowest BCUT2D eigenvalue weighted by Crippen LogP contribution is -2.25. The van der Waals surface area contributed by atoms with Crippen LogP contribution in [-0.2, 0) is 0 Å². The van der Waals surface area contributed by atoms with Crippen LogP contribution < -0.4 is 15.2 Å². The molecule has 2 rings (SSSR count). The van der Waals surface area contributed by atoms with Gasteiger partial charge in [-0.15, -0.1) is 0 Å². The Hall–Kier alpha value is -1.24. The van der Waals surface area contributed by atoms with E-state index in [2.05, 4.69) is 24.3 Å². The van der Waals surface area contributed by atoms with Crippen LogP contribution in [-0.4, -0.2) is 7.11 Å². The smallest absolute Gasteiger partial charge is 0.119 e. The first-order valence-electron chi connectivity index (χ1n) is 4.24. The van der Waals surface area contributed by atoms with Crippen molar-refractivity contribution in [1.29, 1.82) is 0 Å². The molecule has 1 heteroatoms. The summed E-state index contributed by atoms with van der Waals surface area (Å²) in [5.41, 5.74) is 0. The van der Waals surface area contributed by atoms with Crippen LogP contribution in [0, 0.1) is 0 Å². The lowest BCUT2D eigenvalue weighted by molar-refractivity contribution is 0.414. The fraction of sp³-hybridized carbons (Fsp3) is 0.273. The van der Waals surface area contributed by atoms with Crippen molar-refractivity contribution in [2.75, 3.05) is 7.11 Å². The first kappa shape index (κ1) is 7.41. The van der Waals surface area contributed by atoms with E-state index in [1.807, 2.05) is 6.07 Å². The summed E-state index contributed by atoms with van der Waals surface area (Å²) < 4.78 is 5.15. The van der Waals surface area contributed by atoms with Gasteiger partial charge in [-0.2, -0.15) is 0 Å². The van der Waals surface area contributed by atoms with Crippen molar-refractivity contribution >= 4 is 12.2 Å². The SMILES string of the molecule is COc1ccc2c(c1)=CCCC=2. The van der Waals surface area contributed by atoms with E-state index in [0.717, 1.165) is 12.2 Å². The molecule has 1 aliphatic rings. The largest absolute Gasteiger partial charge is 0.497 e. The van der Waals surface area contributed by atoms with Crippen LogP contribution in [0.1, 0.15) is 12.8 Å². The predicted octanol–water partition coefficient (Wildman–Crippen LogP) is 1.05. The molecule has 0 radical (unpaired) electrons. The van der Waals surface area contributed by atoms with Gasteiger partial charge in [0.1, 0.15) is 5.75 Å². The number of hydrogen-bond donors (Lipinski definition) is 0. The molecule has 0 saturated carbocycles. The highest BCUT2D eigenvalue weighted by atomic mass is 16.5. The van der Waals surface area contributed by atoms with Gasteiger partial charge in [0.15, 0.2) is 0 Å². The van der Waals surface area contributed by atoms with Crippen LogP contribution in [0.3, 0.4) is 0 Å². The second-order valence-corrected chi connectivity index (χ2v) is 2.98. The van der Waals surface area contributed by atoms with Crippen molar-refractivity contribution in [3.8, 4) is 5.75 Å². The molecule has 1 aromatic rings. The predicted molar refractivity (Wildman–Crippen MR) is 50.4 cm³/mol. The molecule has 1 aromatic carbocycles. The van der Waals surface area contributed by atoms with Crippen LogP contribution in [0.2, 0.25) is 0 Å². The van der Waals surface area contributed by atoms with Gasteiger partial charge in [0.2, 0.25) is 0 Å². The minimum atomic E-state index is 0.945. The first-order chi connectivity index (χ1) is 5.90. The molecule has 0 saturated heterocycles. The molecular formula is C11H12O. The molecule has 62 valence electrons. The van der Waals surface area contributed by atoms with Crippen LogP contribution in [0.25, 0.3) is 12.2 Å². The zero-order chi connectivity index (χ0) is 8.39. The molecule has 0 aromatic heterocycles. The highest BCUT2D eigenvalue weighted by Gasteiger charge is 1.94. The summed E-state index contributed by atoms with van der Waals surface area (Å²) >= 11 is 0. The van der Waals surface area contributed by atoms with Crippen molar-refractivity contribution in [1.82, 2.24) is 0 Å². The fourth-order valence-corrected chi connectivity index (χ4v) is 1.52. The van der Waals surface area contributed by atoms with Crippen LogP contribution in [0.15, 0.2) is 18.2 Å². The molecule has 0 unspecified atom stereocenters. The zero-order valence-corrected chi connectivity index (χ0v) is 7.21. The van der Waals surface area contributed by atoms with E-state index in [4.69, 9.17) is 4.74 Å². The van der Waals surface area contributed by atoms with Crippen LogP contribution >= 0.6 is 0 Å². The summed E-state index contributed by atoms with van der Waals surface area (Å²) in [6.45, 7) is 0. The van der Waals surface area contributed by atoms with E-state index in [0.29, 0.717) is 0 Å².